The number of aromatic nitrogens is 3. The van der Waals surface area contributed by atoms with Gasteiger partial charge in [-0.15, -0.1) is 10.2 Å². The number of amides is 2. The monoisotopic (exact) mass is 395 g/mol. The molecule has 3 aromatic rings. The molecule has 0 saturated carbocycles. The molecule has 7 nitrogen and oxygen atoms in total. The standard InChI is InChI=1S/C20H21N5O2S/c1-14(2)25-13-21-24-20(25)28-12-18(26)22-17-10-8-15(9-11-17)19(27)23-16-6-4-3-5-7-16/h3-11,13-14H,12H2,1-2H3,(H,22,26)(H,23,27). The van der Waals surface area contributed by atoms with Crippen molar-refractivity contribution in [1.29, 1.82) is 0 Å². The Hall–Kier alpha value is -3.13. The number of para-hydroxylation sites is 1. The van der Waals surface area contributed by atoms with Gasteiger partial charge in [-0.3, -0.25) is 9.59 Å². The highest BCUT2D eigenvalue weighted by Gasteiger charge is 2.11. The second-order valence-electron chi connectivity index (χ2n) is 6.35. The maximum Gasteiger partial charge on any atom is 0.255 e. The molecule has 144 valence electrons. The minimum absolute atomic E-state index is 0.148. The highest BCUT2D eigenvalue weighted by molar-refractivity contribution is 7.99. The maximum atomic E-state index is 12.3. The molecular weight excluding hydrogens is 374 g/mol. The van der Waals surface area contributed by atoms with Crippen LogP contribution in [-0.2, 0) is 4.79 Å². The predicted octanol–water partition coefficient (Wildman–Crippen LogP) is 3.84. The van der Waals surface area contributed by atoms with Crippen LogP contribution in [0.2, 0.25) is 0 Å². The van der Waals surface area contributed by atoms with Gasteiger partial charge in [0.1, 0.15) is 6.33 Å². The van der Waals surface area contributed by atoms with E-state index in [2.05, 4.69) is 20.8 Å². The van der Waals surface area contributed by atoms with Crippen molar-refractivity contribution in [3.05, 3.63) is 66.5 Å². The van der Waals surface area contributed by atoms with E-state index in [0.717, 1.165) is 5.69 Å². The van der Waals surface area contributed by atoms with Gasteiger partial charge in [-0.1, -0.05) is 30.0 Å². The topological polar surface area (TPSA) is 88.9 Å². The molecule has 1 aromatic heterocycles. The van der Waals surface area contributed by atoms with Crippen LogP contribution in [0.1, 0.15) is 30.2 Å². The van der Waals surface area contributed by atoms with E-state index in [4.69, 9.17) is 0 Å². The normalized spacial score (nSPS) is 10.7. The number of rotatable bonds is 7. The lowest BCUT2D eigenvalue weighted by atomic mass is 10.2. The van der Waals surface area contributed by atoms with Gasteiger partial charge >= 0.3 is 0 Å². The molecule has 0 saturated heterocycles. The lowest BCUT2D eigenvalue weighted by Gasteiger charge is -2.10. The molecular formula is C20H21N5O2S. The molecule has 0 unspecified atom stereocenters. The van der Waals surface area contributed by atoms with Crippen molar-refractivity contribution in [2.75, 3.05) is 16.4 Å². The molecule has 0 aliphatic heterocycles. The number of carbonyl (C=O) groups excluding carboxylic acids is 2. The first kappa shape index (κ1) is 19.6. The van der Waals surface area contributed by atoms with Crippen LogP contribution in [0.3, 0.4) is 0 Å². The van der Waals surface area contributed by atoms with Crippen LogP contribution in [-0.4, -0.2) is 32.3 Å². The third-order valence-electron chi connectivity index (χ3n) is 3.89. The number of carbonyl (C=O) groups is 2. The van der Waals surface area contributed by atoms with Crippen LogP contribution in [0.4, 0.5) is 11.4 Å². The zero-order valence-electron chi connectivity index (χ0n) is 15.6. The summed E-state index contributed by atoms with van der Waals surface area (Å²) in [6.45, 7) is 4.06. The average molecular weight is 395 g/mol. The first-order chi connectivity index (χ1) is 13.5. The molecule has 0 fully saturated rings. The van der Waals surface area contributed by atoms with Crippen LogP contribution in [0.5, 0.6) is 0 Å². The minimum Gasteiger partial charge on any atom is -0.325 e. The number of nitrogens with one attached hydrogen (secondary N) is 2. The van der Waals surface area contributed by atoms with Crippen molar-refractivity contribution in [3.8, 4) is 0 Å². The van der Waals surface area contributed by atoms with Gasteiger partial charge in [-0.05, 0) is 50.2 Å². The summed E-state index contributed by atoms with van der Waals surface area (Å²) in [5.41, 5.74) is 1.88. The molecule has 2 aromatic carbocycles. The van der Waals surface area contributed by atoms with Gasteiger partial charge in [0.05, 0.1) is 5.75 Å². The number of nitrogens with zero attached hydrogens (tertiary/aromatic N) is 3. The molecule has 3 rings (SSSR count). The Kier molecular flexibility index (Phi) is 6.44. The summed E-state index contributed by atoms with van der Waals surface area (Å²) in [7, 11) is 0. The van der Waals surface area contributed by atoms with Crippen LogP contribution < -0.4 is 10.6 Å². The SMILES string of the molecule is CC(C)n1cnnc1SCC(=O)Nc1ccc(C(=O)Nc2ccccc2)cc1. The largest absolute Gasteiger partial charge is 0.325 e. The van der Waals surface area contributed by atoms with Crippen molar-refractivity contribution in [2.24, 2.45) is 0 Å². The van der Waals surface area contributed by atoms with Gasteiger partial charge < -0.3 is 15.2 Å². The molecule has 0 radical (unpaired) electrons. The summed E-state index contributed by atoms with van der Waals surface area (Å²) in [6.07, 6.45) is 1.66. The van der Waals surface area contributed by atoms with Gasteiger partial charge in [-0.2, -0.15) is 0 Å². The fourth-order valence-electron chi connectivity index (χ4n) is 2.45. The maximum absolute atomic E-state index is 12.3. The van der Waals surface area contributed by atoms with Crippen molar-refractivity contribution in [2.45, 2.75) is 25.0 Å². The molecule has 0 aliphatic carbocycles. The van der Waals surface area contributed by atoms with Crippen molar-refractivity contribution in [1.82, 2.24) is 14.8 Å². The van der Waals surface area contributed by atoms with Gasteiger partial charge in [0, 0.05) is 23.0 Å². The Morgan fingerprint density at radius 2 is 1.68 bits per heavy atom. The summed E-state index contributed by atoms with van der Waals surface area (Å²) < 4.78 is 1.91. The van der Waals surface area contributed by atoms with E-state index < -0.39 is 0 Å². The summed E-state index contributed by atoms with van der Waals surface area (Å²) in [5.74, 6) is -0.126. The lowest BCUT2D eigenvalue weighted by molar-refractivity contribution is -0.113. The number of hydrogen-bond acceptors (Lipinski definition) is 5. The fraction of sp³-hybridized carbons (Fsp3) is 0.200. The zero-order valence-corrected chi connectivity index (χ0v) is 16.4. The number of benzene rings is 2. The number of anilines is 2. The molecule has 2 N–H and O–H groups in total. The number of thioether (sulfide) groups is 1. The highest BCUT2D eigenvalue weighted by atomic mass is 32.2. The summed E-state index contributed by atoms with van der Waals surface area (Å²) in [6, 6.07) is 16.2. The van der Waals surface area contributed by atoms with Gasteiger partial charge in [0.15, 0.2) is 5.16 Å². The van der Waals surface area contributed by atoms with Gasteiger partial charge in [0.2, 0.25) is 5.91 Å². The smallest absolute Gasteiger partial charge is 0.255 e. The summed E-state index contributed by atoms with van der Waals surface area (Å²) in [4.78, 5) is 24.4. The Morgan fingerprint density at radius 1 is 1.00 bits per heavy atom. The minimum atomic E-state index is -0.201. The molecule has 0 bridgehead atoms. The molecule has 28 heavy (non-hydrogen) atoms. The van der Waals surface area contributed by atoms with E-state index in [1.54, 1.807) is 30.6 Å². The lowest BCUT2D eigenvalue weighted by Crippen LogP contribution is -2.15. The van der Waals surface area contributed by atoms with Gasteiger partial charge in [0.25, 0.3) is 5.91 Å². The van der Waals surface area contributed by atoms with Crippen LogP contribution in [0.15, 0.2) is 66.1 Å². The zero-order chi connectivity index (χ0) is 19.9. The Bertz CT molecular complexity index is 939. The molecule has 1 heterocycles. The van der Waals surface area contributed by atoms with E-state index >= 15 is 0 Å². The first-order valence-corrected chi connectivity index (χ1v) is 9.80. The Morgan fingerprint density at radius 3 is 2.36 bits per heavy atom. The highest BCUT2D eigenvalue weighted by Crippen LogP contribution is 2.19. The van der Waals surface area contributed by atoms with Crippen LogP contribution >= 0.6 is 11.8 Å². The van der Waals surface area contributed by atoms with Crippen LogP contribution in [0, 0.1) is 0 Å². The molecule has 2 amide bonds. The van der Waals surface area contributed by atoms with E-state index in [1.165, 1.54) is 11.8 Å². The second-order valence-corrected chi connectivity index (χ2v) is 7.29. The first-order valence-electron chi connectivity index (χ1n) is 8.81. The van der Waals surface area contributed by atoms with E-state index in [0.29, 0.717) is 16.4 Å². The van der Waals surface area contributed by atoms with Crippen molar-refractivity contribution >= 4 is 35.0 Å². The number of hydrogen-bond donors (Lipinski definition) is 2. The molecule has 8 heteroatoms. The van der Waals surface area contributed by atoms with Crippen molar-refractivity contribution in [3.63, 3.8) is 0 Å². The quantitative estimate of drug-likeness (QED) is 0.593. The summed E-state index contributed by atoms with van der Waals surface area (Å²) >= 11 is 1.33. The molecule has 0 atom stereocenters. The van der Waals surface area contributed by atoms with E-state index in [9.17, 15) is 9.59 Å². The second kappa shape index (κ2) is 9.18. The summed E-state index contributed by atoms with van der Waals surface area (Å²) in [5, 5.41) is 14.3. The molecule has 0 aliphatic rings. The fourth-order valence-corrected chi connectivity index (χ4v) is 3.29. The van der Waals surface area contributed by atoms with Crippen molar-refractivity contribution < 1.29 is 9.59 Å². The third-order valence-corrected chi connectivity index (χ3v) is 4.85. The Balaban J connectivity index is 1.53. The molecule has 0 spiro atoms. The van der Waals surface area contributed by atoms with Gasteiger partial charge in [-0.25, -0.2) is 0 Å². The van der Waals surface area contributed by atoms with Crippen LogP contribution in [0.25, 0.3) is 0 Å². The van der Waals surface area contributed by atoms with E-state index in [1.807, 2.05) is 48.7 Å². The van der Waals surface area contributed by atoms with E-state index in [-0.39, 0.29) is 23.6 Å². The Labute approximate surface area is 167 Å². The third kappa shape index (κ3) is 5.20. The average Bonchev–Trinajstić information content (AvgIpc) is 3.17. The predicted molar refractivity (Wildman–Crippen MR) is 111 cm³/mol.